The SMILES string of the molecule is CN1CCc2[nH]c(-c3c(F)cccc3F)cc2C1. The molecule has 1 aliphatic rings. The fraction of sp³-hybridized carbons (Fsp3) is 0.286. The van der Waals surface area contributed by atoms with E-state index in [0.717, 1.165) is 30.8 Å². The summed E-state index contributed by atoms with van der Waals surface area (Å²) in [5.74, 6) is -1.05. The molecule has 2 nitrogen and oxygen atoms in total. The number of aromatic nitrogens is 1. The minimum Gasteiger partial charge on any atom is -0.358 e. The van der Waals surface area contributed by atoms with Crippen molar-refractivity contribution in [3.8, 4) is 11.3 Å². The molecule has 2 aromatic rings. The highest BCUT2D eigenvalue weighted by Crippen LogP contribution is 2.29. The van der Waals surface area contributed by atoms with E-state index in [9.17, 15) is 8.78 Å². The number of benzene rings is 1. The summed E-state index contributed by atoms with van der Waals surface area (Å²) < 4.78 is 27.4. The van der Waals surface area contributed by atoms with Gasteiger partial charge >= 0.3 is 0 Å². The summed E-state index contributed by atoms with van der Waals surface area (Å²) in [7, 11) is 2.04. The average Bonchev–Trinajstić information content (AvgIpc) is 2.71. The van der Waals surface area contributed by atoms with E-state index in [4.69, 9.17) is 0 Å². The predicted octanol–water partition coefficient (Wildman–Crippen LogP) is 2.95. The first kappa shape index (κ1) is 11.4. The zero-order valence-electron chi connectivity index (χ0n) is 10.1. The van der Waals surface area contributed by atoms with Crippen LogP contribution < -0.4 is 0 Å². The maximum Gasteiger partial charge on any atom is 0.135 e. The van der Waals surface area contributed by atoms with Crippen molar-refractivity contribution < 1.29 is 8.78 Å². The van der Waals surface area contributed by atoms with Gasteiger partial charge in [0.1, 0.15) is 11.6 Å². The summed E-state index contributed by atoms with van der Waals surface area (Å²) in [6.07, 6.45) is 0.891. The Balaban J connectivity index is 2.08. The summed E-state index contributed by atoms with van der Waals surface area (Å²) in [5.41, 5.74) is 2.78. The van der Waals surface area contributed by atoms with Crippen molar-refractivity contribution in [2.75, 3.05) is 13.6 Å². The van der Waals surface area contributed by atoms with Gasteiger partial charge in [-0.3, -0.25) is 0 Å². The topological polar surface area (TPSA) is 19.0 Å². The lowest BCUT2D eigenvalue weighted by Gasteiger charge is -2.21. The first-order chi connectivity index (χ1) is 8.65. The Bertz CT molecular complexity index is 569. The third kappa shape index (κ3) is 1.82. The molecule has 0 spiro atoms. The summed E-state index contributed by atoms with van der Waals surface area (Å²) in [5, 5.41) is 0. The normalized spacial score (nSPS) is 15.7. The van der Waals surface area contributed by atoms with Gasteiger partial charge in [-0.15, -0.1) is 0 Å². The summed E-state index contributed by atoms with van der Waals surface area (Å²) in [4.78, 5) is 5.34. The lowest BCUT2D eigenvalue weighted by atomic mass is 10.1. The predicted molar refractivity (Wildman–Crippen MR) is 66.2 cm³/mol. The molecule has 0 bridgehead atoms. The van der Waals surface area contributed by atoms with Crippen LogP contribution in [0.15, 0.2) is 24.3 Å². The number of hydrogen-bond acceptors (Lipinski definition) is 1. The highest BCUT2D eigenvalue weighted by atomic mass is 19.1. The molecule has 0 aliphatic carbocycles. The molecule has 1 aromatic carbocycles. The molecule has 0 unspecified atom stereocenters. The van der Waals surface area contributed by atoms with Crippen molar-refractivity contribution >= 4 is 0 Å². The van der Waals surface area contributed by atoms with Crippen molar-refractivity contribution in [2.24, 2.45) is 0 Å². The molecule has 94 valence electrons. The smallest absolute Gasteiger partial charge is 0.135 e. The van der Waals surface area contributed by atoms with E-state index >= 15 is 0 Å². The second-order valence-corrected chi connectivity index (χ2v) is 4.77. The van der Waals surface area contributed by atoms with Gasteiger partial charge in [-0.2, -0.15) is 0 Å². The first-order valence-corrected chi connectivity index (χ1v) is 5.99. The van der Waals surface area contributed by atoms with Crippen molar-refractivity contribution in [1.82, 2.24) is 9.88 Å². The van der Waals surface area contributed by atoms with Crippen LogP contribution in [-0.2, 0) is 13.0 Å². The molecule has 3 rings (SSSR count). The highest BCUT2D eigenvalue weighted by Gasteiger charge is 2.19. The van der Waals surface area contributed by atoms with Crippen LogP contribution >= 0.6 is 0 Å². The molecular weight excluding hydrogens is 234 g/mol. The largest absolute Gasteiger partial charge is 0.358 e. The van der Waals surface area contributed by atoms with Crippen LogP contribution in [0.2, 0.25) is 0 Å². The fourth-order valence-corrected chi connectivity index (χ4v) is 2.47. The van der Waals surface area contributed by atoms with Crippen molar-refractivity contribution in [2.45, 2.75) is 13.0 Å². The van der Waals surface area contributed by atoms with Crippen molar-refractivity contribution in [1.29, 1.82) is 0 Å². The number of rotatable bonds is 1. The van der Waals surface area contributed by atoms with Gasteiger partial charge in [-0.25, -0.2) is 8.78 Å². The van der Waals surface area contributed by atoms with Gasteiger partial charge in [-0.05, 0) is 30.8 Å². The molecule has 1 N–H and O–H groups in total. The third-order valence-electron chi connectivity index (χ3n) is 3.41. The average molecular weight is 248 g/mol. The minimum absolute atomic E-state index is 0.0366. The van der Waals surface area contributed by atoms with Gasteiger partial charge in [0.15, 0.2) is 0 Å². The van der Waals surface area contributed by atoms with E-state index in [1.165, 1.54) is 18.2 Å². The molecule has 18 heavy (non-hydrogen) atoms. The number of likely N-dealkylation sites (N-methyl/N-ethyl adjacent to an activating group) is 1. The molecular formula is C14H14F2N2. The fourth-order valence-electron chi connectivity index (χ4n) is 2.47. The minimum atomic E-state index is -0.526. The lowest BCUT2D eigenvalue weighted by Crippen LogP contribution is -2.25. The quantitative estimate of drug-likeness (QED) is 0.822. The highest BCUT2D eigenvalue weighted by molar-refractivity contribution is 5.63. The zero-order valence-corrected chi connectivity index (χ0v) is 10.1. The second kappa shape index (κ2) is 4.21. The Kier molecular flexibility index (Phi) is 2.67. The third-order valence-corrected chi connectivity index (χ3v) is 3.41. The van der Waals surface area contributed by atoms with E-state index in [0.29, 0.717) is 5.69 Å². The number of aromatic amines is 1. The summed E-state index contributed by atoms with van der Waals surface area (Å²) in [6.45, 7) is 1.79. The number of fused-ring (bicyclic) bond motifs is 1. The van der Waals surface area contributed by atoms with Gasteiger partial charge in [0.25, 0.3) is 0 Å². The van der Waals surface area contributed by atoms with Gasteiger partial charge in [0.05, 0.1) is 11.3 Å². The first-order valence-electron chi connectivity index (χ1n) is 5.99. The van der Waals surface area contributed by atoms with Crippen molar-refractivity contribution in [3.63, 3.8) is 0 Å². The van der Waals surface area contributed by atoms with Crippen LogP contribution in [-0.4, -0.2) is 23.5 Å². The van der Waals surface area contributed by atoms with Crippen LogP contribution in [0.1, 0.15) is 11.3 Å². The number of nitrogens with one attached hydrogen (secondary N) is 1. The molecule has 1 aromatic heterocycles. The lowest BCUT2D eigenvalue weighted by molar-refractivity contribution is 0.312. The van der Waals surface area contributed by atoms with Crippen LogP contribution in [0.4, 0.5) is 8.78 Å². The Morgan fingerprint density at radius 2 is 1.94 bits per heavy atom. The van der Waals surface area contributed by atoms with Gasteiger partial charge in [0.2, 0.25) is 0 Å². The van der Waals surface area contributed by atoms with Gasteiger partial charge in [-0.1, -0.05) is 6.07 Å². The molecule has 2 heterocycles. The zero-order chi connectivity index (χ0) is 12.7. The van der Waals surface area contributed by atoms with E-state index in [2.05, 4.69) is 9.88 Å². The molecule has 0 amide bonds. The Labute approximate surface area is 104 Å². The second-order valence-electron chi connectivity index (χ2n) is 4.77. The van der Waals surface area contributed by atoms with Crippen LogP contribution in [0.5, 0.6) is 0 Å². The van der Waals surface area contributed by atoms with E-state index in [-0.39, 0.29) is 5.56 Å². The Hall–Kier alpha value is -1.68. The molecule has 1 aliphatic heterocycles. The van der Waals surface area contributed by atoms with Crippen LogP contribution in [0, 0.1) is 11.6 Å². The Morgan fingerprint density at radius 1 is 1.22 bits per heavy atom. The maximum absolute atomic E-state index is 13.7. The monoisotopic (exact) mass is 248 g/mol. The molecule has 4 heteroatoms. The van der Waals surface area contributed by atoms with Crippen molar-refractivity contribution in [3.05, 3.63) is 47.2 Å². The van der Waals surface area contributed by atoms with Gasteiger partial charge in [0, 0.05) is 25.2 Å². The Morgan fingerprint density at radius 3 is 2.67 bits per heavy atom. The molecule has 0 saturated carbocycles. The van der Waals surface area contributed by atoms with E-state index < -0.39 is 11.6 Å². The molecule has 0 radical (unpaired) electrons. The van der Waals surface area contributed by atoms with E-state index in [1.807, 2.05) is 13.1 Å². The molecule has 0 saturated heterocycles. The maximum atomic E-state index is 13.7. The number of nitrogens with zero attached hydrogens (tertiary/aromatic N) is 1. The number of hydrogen-bond donors (Lipinski definition) is 1. The number of H-pyrrole nitrogens is 1. The molecule has 0 fully saturated rings. The summed E-state index contributed by atoms with van der Waals surface area (Å²) >= 11 is 0. The standard InChI is InChI=1S/C14H14F2N2/c1-18-6-5-12-9(8-18)7-13(17-12)14-10(15)3-2-4-11(14)16/h2-4,7,17H,5-6,8H2,1H3. The molecule has 0 atom stereocenters. The van der Waals surface area contributed by atoms with E-state index in [1.54, 1.807) is 0 Å². The number of halogens is 2. The summed E-state index contributed by atoms with van der Waals surface area (Å²) in [6, 6.07) is 5.80. The van der Waals surface area contributed by atoms with Crippen LogP contribution in [0.25, 0.3) is 11.3 Å². The van der Waals surface area contributed by atoms with Gasteiger partial charge < -0.3 is 9.88 Å². The van der Waals surface area contributed by atoms with Crippen LogP contribution in [0.3, 0.4) is 0 Å².